The Morgan fingerprint density at radius 2 is 2.17 bits per heavy atom. The number of furan rings is 1. The molecule has 1 unspecified atom stereocenters. The molecule has 0 spiro atoms. The SMILES string of the molecule is CCNC(c1ccc(Cl)c(C)c1)c1occc1Br. The molecule has 1 aromatic heterocycles. The molecule has 1 aromatic carbocycles. The van der Waals surface area contributed by atoms with E-state index >= 15 is 0 Å². The van der Waals surface area contributed by atoms with Gasteiger partial charge in [-0.25, -0.2) is 0 Å². The van der Waals surface area contributed by atoms with Gasteiger partial charge in [-0.2, -0.15) is 0 Å². The van der Waals surface area contributed by atoms with Gasteiger partial charge in [0.1, 0.15) is 5.76 Å². The van der Waals surface area contributed by atoms with Crippen LogP contribution in [0.1, 0.15) is 29.9 Å². The van der Waals surface area contributed by atoms with Crippen molar-refractivity contribution in [3.63, 3.8) is 0 Å². The van der Waals surface area contributed by atoms with Gasteiger partial charge >= 0.3 is 0 Å². The van der Waals surface area contributed by atoms with E-state index in [1.807, 2.05) is 25.1 Å². The first-order chi connectivity index (χ1) is 8.63. The lowest BCUT2D eigenvalue weighted by molar-refractivity contribution is 0.450. The van der Waals surface area contributed by atoms with Gasteiger partial charge in [0, 0.05) is 5.02 Å². The van der Waals surface area contributed by atoms with Crippen LogP contribution in [0.25, 0.3) is 0 Å². The zero-order valence-electron chi connectivity index (χ0n) is 10.3. The predicted octanol–water partition coefficient (Wildman–Crippen LogP) is 4.70. The van der Waals surface area contributed by atoms with Crippen LogP contribution in [0.3, 0.4) is 0 Å². The third-order valence-electron chi connectivity index (χ3n) is 2.83. The van der Waals surface area contributed by atoms with Crippen LogP contribution in [0.5, 0.6) is 0 Å². The zero-order chi connectivity index (χ0) is 13.1. The lowest BCUT2D eigenvalue weighted by Gasteiger charge is -2.17. The van der Waals surface area contributed by atoms with Crippen LogP contribution in [-0.2, 0) is 0 Å². The summed E-state index contributed by atoms with van der Waals surface area (Å²) in [6, 6.07) is 7.98. The van der Waals surface area contributed by atoms with E-state index in [9.17, 15) is 0 Å². The van der Waals surface area contributed by atoms with Crippen molar-refractivity contribution in [3.05, 3.63) is 56.9 Å². The van der Waals surface area contributed by atoms with E-state index in [1.165, 1.54) is 0 Å². The van der Waals surface area contributed by atoms with Gasteiger partial charge in [-0.3, -0.25) is 0 Å². The van der Waals surface area contributed by atoms with E-state index < -0.39 is 0 Å². The standard InChI is InChI=1S/C14H15BrClNO/c1-3-17-13(14-11(15)6-7-18-14)10-4-5-12(16)9(2)8-10/h4-8,13,17H,3H2,1-2H3. The van der Waals surface area contributed by atoms with E-state index in [0.717, 1.165) is 32.9 Å². The Labute approximate surface area is 120 Å². The summed E-state index contributed by atoms with van der Waals surface area (Å²) in [5, 5.41) is 4.21. The van der Waals surface area contributed by atoms with Gasteiger partial charge in [0.05, 0.1) is 16.8 Å². The molecule has 0 aliphatic carbocycles. The largest absolute Gasteiger partial charge is 0.466 e. The van der Waals surface area contributed by atoms with Crippen LogP contribution in [-0.4, -0.2) is 6.54 Å². The van der Waals surface area contributed by atoms with Gasteiger partial charge in [-0.15, -0.1) is 0 Å². The molecule has 0 aliphatic heterocycles. The highest BCUT2D eigenvalue weighted by Gasteiger charge is 2.19. The molecule has 0 fully saturated rings. The minimum atomic E-state index is 0.0374. The van der Waals surface area contributed by atoms with Gasteiger partial charge in [-0.1, -0.05) is 30.7 Å². The molecule has 18 heavy (non-hydrogen) atoms. The number of hydrogen-bond donors (Lipinski definition) is 1. The van der Waals surface area contributed by atoms with Gasteiger partial charge in [-0.05, 0) is 52.7 Å². The third-order valence-corrected chi connectivity index (χ3v) is 3.91. The highest BCUT2D eigenvalue weighted by molar-refractivity contribution is 9.10. The predicted molar refractivity (Wildman–Crippen MR) is 78.1 cm³/mol. The first-order valence-corrected chi connectivity index (χ1v) is 7.03. The number of nitrogens with one attached hydrogen (secondary N) is 1. The maximum absolute atomic E-state index is 6.07. The maximum Gasteiger partial charge on any atom is 0.139 e. The summed E-state index contributed by atoms with van der Waals surface area (Å²) in [6.45, 7) is 4.94. The summed E-state index contributed by atoms with van der Waals surface area (Å²) in [6.07, 6.45) is 1.69. The number of aryl methyl sites for hydroxylation is 1. The molecule has 1 atom stereocenters. The van der Waals surface area contributed by atoms with E-state index in [1.54, 1.807) is 6.26 Å². The molecule has 0 bridgehead atoms. The quantitative estimate of drug-likeness (QED) is 0.880. The molecule has 96 valence electrons. The van der Waals surface area contributed by atoms with Gasteiger partial charge < -0.3 is 9.73 Å². The molecule has 1 N–H and O–H groups in total. The highest BCUT2D eigenvalue weighted by Crippen LogP contribution is 2.31. The fourth-order valence-electron chi connectivity index (χ4n) is 1.92. The second kappa shape index (κ2) is 5.91. The fourth-order valence-corrected chi connectivity index (χ4v) is 2.47. The Bertz CT molecular complexity index is 538. The number of halogens is 2. The van der Waals surface area contributed by atoms with Crippen LogP contribution in [0.15, 0.2) is 39.4 Å². The van der Waals surface area contributed by atoms with Crippen molar-refractivity contribution in [3.8, 4) is 0 Å². The fraction of sp³-hybridized carbons (Fsp3) is 0.286. The summed E-state index contributed by atoms with van der Waals surface area (Å²) in [4.78, 5) is 0. The Morgan fingerprint density at radius 3 is 2.72 bits per heavy atom. The Kier molecular flexibility index (Phi) is 4.49. The molecule has 2 nitrogen and oxygen atoms in total. The minimum Gasteiger partial charge on any atom is -0.466 e. The monoisotopic (exact) mass is 327 g/mol. The molecule has 2 aromatic rings. The van der Waals surface area contributed by atoms with Crippen LogP contribution < -0.4 is 5.32 Å². The molecule has 0 saturated heterocycles. The van der Waals surface area contributed by atoms with Crippen molar-refractivity contribution in [1.82, 2.24) is 5.32 Å². The van der Waals surface area contributed by atoms with Crippen LogP contribution in [0.2, 0.25) is 5.02 Å². The van der Waals surface area contributed by atoms with E-state index in [0.29, 0.717) is 0 Å². The van der Waals surface area contributed by atoms with Crippen molar-refractivity contribution in [2.24, 2.45) is 0 Å². The molecular formula is C14H15BrClNO. The summed E-state index contributed by atoms with van der Waals surface area (Å²) in [5.41, 5.74) is 2.22. The van der Waals surface area contributed by atoms with Gasteiger partial charge in [0.25, 0.3) is 0 Å². The van der Waals surface area contributed by atoms with Crippen molar-refractivity contribution in [2.45, 2.75) is 19.9 Å². The first kappa shape index (κ1) is 13.7. The minimum absolute atomic E-state index is 0.0374. The number of benzene rings is 1. The molecular weight excluding hydrogens is 314 g/mol. The van der Waals surface area contributed by atoms with E-state index in [2.05, 4.69) is 34.2 Å². The lowest BCUT2D eigenvalue weighted by Crippen LogP contribution is -2.21. The van der Waals surface area contributed by atoms with Crippen LogP contribution >= 0.6 is 27.5 Å². The highest BCUT2D eigenvalue weighted by atomic mass is 79.9. The molecule has 0 amide bonds. The lowest BCUT2D eigenvalue weighted by atomic mass is 10.0. The van der Waals surface area contributed by atoms with Gasteiger partial charge in [0.2, 0.25) is 0 Å². The van der Waals surface area contributed by atoms with Crippen molar-refractivity contribution >= 4 is 27.5 Å². The second-order valence-corrected chi connectivity index (χ2v) is 5.39. The average Bonchev–Trinajstić information content (AvgIpc) is 2.76. The number of rotatable bonds is 4. The number of hydrogen-bond acceptors (Lipinski definition) is 2. The molecule has 0 saturated carbocycles. The molecule has 1 heterocycles. The van der Waals surface area contributed by atoms with Crippen molar-refractivity contribution in [1.29, 1.82) is 0 Å². The molecule has 4 heteroatoms. The van der Waals surface area contributed by atoms with Crippen molar-refractivity contribution in [2.75, 3.05) is 6.54 Å². The maximum atomic E-state index is 6.07. The van der Waals surface area contributed by atoms with Crippen LogP contribution in [0, 0.1) is 6.92 Å². The average molecular weight is 329 g/mol. The topological polar surface area (TPSA) is 25.2 Å². The first-order valence-electron chi connectivity index (χ1n) is 5.85. The summed E-state index contributed by atoms with van der Waals surface area (Å²) >= 11 is 9.57. The zero-order valence-corrected chi connectivity index (χ0v) is 12.7. The van der Waals surface area contributed by atoms with E-state index in [-0.39, 0.29) is 6.04 Å². The molecule has 2 rings (SSSR count). The molecule has 0 radical (unpaired) electrons. The summed E-state index contributed by atoms with van der Waals surface area (Å²) in [7, 11) is 0. The Balaban J connectivity index is 2.41. The van der Waals surface area contributed by atoms with Crippen LogP contribution in [0.4, 0.5) is 0 Å². The normalized spacial score (nSPS) is 12.7. The van der Waals surface area contributed by atoms with Crippen molar-refractivity contribution < 1.29 is 4.42 Å². The smallest absolute Gasteiger partial charge is 0.139 e. The molecule has 0 aliphatic rings. The Morgan fingerprint density at radius 1 is 1.39 bits per heavy atom. The summed E-state index contributed by atoms with van der Waals surface area (Å²) < 4.78 is 6.53. The summed E-state index contributed by atoms with van der Waals surface area (Å²) in [5.74, 6) is 0.888. The van der Waals surface area contributed by atoms with E-state index in [4.69, 9.17) is 16.0 Å². The van der Waals surface area contributed by atoms with Gasteiger partial charge in [0.15, 0.2) is 0 Å². The second-order valence-electron chi connectivity index (χ2n) is 4.13. The third kappa shape index (κ3) is 2.79. The Hall–Kier alpha value is -0.770.